The molecule has 0 bridgehead atoms. The number of allylic oxidation sites excluding steroid dienone is 1. The normalized spacial score (nSPS) is 11.4. The molecule has 0 fully saturated rings. The Morgan fingerprint density at radius 3 is 2.56 bits per heavy atom. The summed E-state index contributed by atoms with van der Waals surface area (Å²) in [5.74, 6) is -0.979. The van der Waals surface area contributed by atoms with Gasteiger partial charge in [0.1, 0.15) is 0 Å². The zero-order valence-electron chi connectivity index (χ0n) is 9.03. The molecule has 0 spiro atoms. The van der Waals surface area contributed by atoms with Gasteiger partial charge in [-0.3, -0.25) is 0 Å². The van der Waals surface area contributed by atoms with Crippen molar-refractivity contribution < 1.29 is 9.90 Å². The minimum Gasteiger partial charge on any atom is -0.478 e. The molecule has 0 heterocycles. The van der Waals surface area contributed by atoms with Gasteiger partial charge in [0.15, 0.2) is 0 Å². The van der Waals surface area contributed by atoms with Crippen molar-refractivity contribution in [3.05, 3.63) is 47.0 Å². The third-order valence-corrected chi connectivity index (χ3v) is 2.55. The molecule has 0 aromatic heterocycles. The molecule has 1 N–H and O–H groups in total. The monoisotopic (exact) mass is 238 g/mol. The number of halogens is 1. The molecule has 86 valence electrons. The van der Waals surface area contributed by atoms with E-state index in [0.717, 1.165) is 25.3 Å². The zero-order chi connectivity index (χ0) is 11.8. The van der Waals surface area contributed by atoms with Crippen LogP contribution in [0.2, 0.25) is 0 Å². The van der Waals surface area contributed by atoms with Crippen LogP contribution in [0.25, 0.3) is 0 Å². The smallest absolute Gasteiger partial charge is 0.329 e. The van der Waals surface area contributed by atoms with Crippen LogP contribution in [0, 0.1) is 0 Å². The van der Waals surface area contributed by atoms with Crippen molar-refractivity contribution in [3.8, 4) is 0 Å². The molecule has 0 aliphatic carbocycles. The fraction of sp³-hybridized carbons (Fsp3) is 0.308. The van der Waals surface area contributed by atoms with E-state index in [2.05, 4.69) is 12.1 Å². The van der Waals surface area contributed by atoms with Crippen molar-refractivity contribution >= 4 is 17.6 Å². The van der Waals surface area contributed by atoms with Gasteiger partial charge in [-0.05, 0) is 31.2 Å². The molecular weight excluding hydrogens is 224 g/mol. The van der Waals surface area contributed by atoms with E-state index in [4.69, 9.17) is 16.7 Å². The summed E-state index contributed by atoms with van der Waals surface area (Å²) < 4.78 is 0. The second-order valence-electron chi connectivity index (χ2n) is 3.62. The Bertz CT molecular complexity index is 357. The molecule has 1 rings (SSSR count). The van der Waals surface area contributed by atoms with Gasteiger partial charge in [0, 0.05) is 11.1 Å². The molecular formula is C13H15ClO2. The molecule has 16 heavy (non-hydrogen) atoms. The molecule has 0 saturated heterocycles. The van der Waals surface area contributed by atoms with Crippen LogP contribution in [0.4, 0.5) is 0 Å². The van der Waals surface area contributed by atoms with E-state index in [-0.39, 0.29) is 0 Å². The van der Waals surface area contributed by atoms with Crippen LogP contribution in [-0.4, -0.2) is 11.1 Å². The minimum absolute atomic E-state index is 0.417. The van der Waals surface area contributed by atoms with Crippen LogP contribution in [0.15, 0.2) is 41.4 Å². The SMILES string of the molecule is O=C(O)/C=C(/Cl)CCCCc1ccccc1. The Kier molecular flexibility index (Phi) is 5.65. The van der Waals surface area contributed by atoms with Crippen molar-refractivity contribution in [1.29, 1.82) is 0 Å². The first-order valence-corrected chi connectivity index (χ1v) is 5.69. The number of carboxylic acid groups (broad SMARTS) is 1. The molecule has 1 aromatic carbocycles. The van der Waals surface area contributed by atoms with Gasteiger partial charge in [-0.25, -0.2) is 4.79 Å². The van der Waals surface area contributed by atoms with Crippen LogP contribution in [-0.2, 0) is 11.2 Å². The standard InChI is InChI=1S/C13H15ClO2/c14-12(10-13(15)16)9-5-4-8-11-6-2-1-3-7-11/h1-3,6-7,10H,4-5,8-9H2,(H,15,16)/b12-10+. The highest BCUT2D eigenvalue weighted by atomic mass is 35.5. The Labute approximate surface area is 101 Å². The van der Waals surface area contributed by atoms with Gasteiger partial charge in [-0.1, -0.05) is 41.9 Å². The maximum atomic E-state index is 10.3. The number of unbranched alkanes of at least 4 members (excludes halogenated alkanes) is 1. The number of hydrogen-bond donors (Lipinski definition) is 1. The molecule has 3 heteroatoms. The lowest BCUT2D eigenvalue weighted by Gasteiger charge is -2.00. The first-order chi connectivity index (χ1) is 7.68. The number of carbonyl (C=O) groups is 1. The summed E-state index contributed by atoms with van der Waals surface area (Å²) in [5.41, 5.74) is 1.31. The molecule has 0 radical (unpaired) electrons. The predicted molar refractivity (Wildman–Crippen MR) is 65.6 cm³/mol. The first-order valence-electron chi connectivity index (χ1n) is 5.31. The van der Waals surface area contributed by atoms with Gasteiger partial charge in [0.2, 0.25) is 0 Å². The van der Waals surface area contributed by atoms with Crippen LogP contribution in [0.5, 0.6) is 0 Å². The largest absolute Gasteiger partial charge is 0.478 e. The lowest BCUT2D eigenvalue weighted by molar-refractivity contribution is -0.131. The highest BCUT2D eigenvalue weighted by Gasteiger charge is 1.98. The van der Waals surface area contributed by atoms with Crippen LogP contribution in [0.1, 0.15) is 24.8 Å². The topological polar surface area (TPSA) is 37.3 Å². The summed E-state index contributed by atoms with van der Waals surface area (Å²) in [4.78, 5) is 10.3. The summed E-state index contributed by atoms with van der Waals surface area (Å²) in [5, 5.41) is 8.87. The highest BCUT2D eigenvalue weighted by molar-refractivity contribution is 6.30. The Morgan fingerprint density at radius 1 is 1.25 bits per heavy atom. The van der Waals surface area contributed by atoms with Gasteiger partial charge < -0.3 is 5.11 Å². The average Bonchev–Trinajstić information content (AvgIpc) is 2.25. The molecule has 0 amide bonds. The fourth-order valence-corrected chi connectivity index (χ4v) is 1.70. The number of aliphatic carboxylic acids is 1. The highest BCUT2D eigenvalue weighted by Crippen LogP contribution is 2.13. The lowest BCUT2D eigenvalue weighted by Crippen LogP contribution is -1.90. The predicted octanol–water partition coefficient (Wildman–Crippen LogP) is 3.61. The quantitative estimate of drug-likeness (QED) is 0.607. The van der Waals surface area contributed by atoms with Crippen molar-refractivity contribution in [1.82, 2.24) is 0 Å². The van der Waals surface area contributed by atoms with Crippen LogP contribution >= 0.6 is 11.6 Å². The van der Waals surface area contributed by atoms with Crippen LogP contribution in [0.3, 0.4) is 0 Å². The van der Waals surface area contributed by atoms with Crippen LogP contribution < -0.4 is 0 Å². The third-order valence-electron chi connectivity index (χ3n) is 2.25. The lowest BCUT2D eigenvalue weighted by atomic mass is 10.1. The summed E-state index contributed by atoms with van der Waals surface area (Å²) >= 11 is 5.74. The van der Waals surface area contributed by atoms with Crippen molar-refractivity contribution in [3.63, 3.8) is 0 Å². The Morgan fingerprint density at radius 2 is 1.94 bits per heavy atom. The second-order valence-corrected chi connectivity index (χ2v) is 4.11. The first kappa shape index (κ1) is 12.8. The van der Waals surface area contributed by atoms with Crippen molar-refractivity contribution in [2.24, 2.45) is 0 Å². The summed E-state index contributed by atoms with van der Waals surface area (Å²) in [6.45, 7) is 0. The van der Waals surface area contributed by atoms with E-state index in [0.29, 0.717) is 11.5 Å². The van der Waals surface area contributed by atoms with Crippen molar-refractivity contribution in [2.75, 3.05) is 0 Å². The Hall–Kier alpha value is -1.28. The van der Waals surface area contributed by atoms with Gasteiger partial charge >= 0.3 is 5.97 Å². The Balaban J connectivity index is 2.20. The minimum atomic E-state index is -0.979. The van der Waals surface area contributed by atoms with E-state index in [1.165, 1.54) is 5.56 Å². The molecule has 0 aliphatic heterocycles. The fourth-order valence-electron chi connectivity index (χ4n) is 1.47. The van der Waals surface area contributed by atoms with E-state index >= 15 is 0 Å². The van der Waals surface area contributed by atoms with E-state index < -0.39 is 5.97 Å². The average molecular weight is 239 g/mol. The van der Waals surface area contributed by atoms with E-state index in [9.17, 15) is 4.79 Å². The molecule has 2 nitrogen and oxygen atoms in total. The van der Waals surface area contributed by atoms with Gasteiger partial charge in [-0.15, -0.1) is 0 Å². The number of rotatable bonds is 6. The number of benzene rings is 1. The number of carboxylic acids is 1. The molecule has 1 aromatic rings. The third kappa shape index (κ3) is 5.56. The van der Waals surface area contributed by atoms with Crippen molar-refractivity contribution in [2.45, 2.75) is 25.7 Å². The second kappa shape index (κ2) is 7.07. The summed E-state index contributed by atoms with van der Waals surface area (Å²) in [7, 11) is 0. The maximum Gasteiger partial charge on any atom is 0.329 e. The molecule has 0 atom stereocenters. The van der Waals surface area contributed by atoms with Gasteiger partial charge in [0.25, 0.3) is 0 Å². The molecule has 0 saturated carbocycles. The number of aryl methyl sites for hydroxylation is 1. The zero-order valence-corrected chi connectivity index (χ0v) is 9.78. The van der Waals surface area contributed by atoms with Gasteiger partial charge in [-0.2, -0.15) is 0 Å². The van der Waals surface area contributed by atoms with E-state index in [1.54, 1.807) is 0 Å². The van der Waals surface area contributed by atoms with E-state index in [1.807, 2.05) is 18.2 Å². The van der Waals surface area contributed by atoms with Gasteiger partial charge in [0.05, 0.1) is 0 Å². The maximum absolute atomic E-state index is 10.3. The molecule has 0 unspecified atom stereocenters. The summed E-state index contributed by atoms with van der Waals surface area (Å²) in [6.07, 6.45) is 4.65. The summed E-state index contributed by atoms with van der Waals surface area (Å²) in [6, 6.07) is 10.2. The molecule has 0 aliphatic rings. The number of hydrogen-bond acceptors (Lipinski definition) is 1.